The van der Waals surface area contributed by atoms with Crippen LogP contribution in [0.25, 0.3) is 0 Å². The maximum Gasteiger partial charge on any atom is 0.338 e. The van der Waals surface area contributed by atoms with E-state index in [2.05, 4.69) is 14.9 Å². The van der Waals surface area contributed by atoms with Crippen LogP contribution in [0.4, 0.5) is 5.82 Å². The van der Waals surface area contributed by atoms with Gasteiger partial charge in [0.2, 0.25) is 0 Å². The molecule has 0 saturated carbocycles. The molecule has 1 amide bonds. The van der Waals surface area contributed by atoms with E-state index >= 15 is 0 Å². The number of pyridine rings is 1. The second-order valence-corrected chi connectivity index (χ2v) is 8.97. The van der Waals surface area contributed by atoms with E-state index in [1.165, 1.54) is 0 Å². The summed E-state index contributed by atoms with van der Waals surface area (Å²) in [7, 11) is 0. The van der Waals surface area contributed by atoms with Crippen molar-refractivity contribution in [2.24, 2.45) is 0 Å². The maximum atomic E-state index is 13.2. The van der Waals surface area contributed by atoms with Gasteiger partial charge in [0.1, 0.15) is 11.5 Å². The van der Waals surface area contributed by atoms with E-state index in [9.17, 15) is 9.59 Å². The summed E-state index contributed by atoms with van der Waals surface area (Å²) in [6.45, 7) is 7.88. The number of ether oxygens (including phenoxy) is 1. The molecule has 1 fully saturated rings. The van der Waals surface area contributed by atoms with Gasteiger partial charge in [-0.05, 0) is 58.6 Å². The molecular weight excluding hydrogens is 416 g/mol. The Bertz CT molecular complexity index is 979. The molecule has 2 aromatic heterocycles. The van der Waals surface area contributed by atoms with Crippen molar-refractivity contribution >= 4 is 29.3 Å². The lowest BCUT2D eigenvalue weighted by molar-refractivity contribution is 0.0377. The average molecular weight is 445 g/mol. The lowest BCUT2D eigenvalue weighted by Crippen LogP contribution is -2.47. The SMILES string of the molecule is Cc1[nH]c2c(c1Cl)CCCN(C1CCN(c3cc(C(=O)OC(C)C)ccn3)CC1)C2=O. The molecule has 0 spiro atoms. The van der Waals surface area contributed by atoms with Gasteiger partial charge in [-0.25, -0.2) is 9.78 Å². The van der Waals surface area contributed by atoms with Gasteiger partial charge in [-0.1, -0.05) is 11.6 Å². The molecule has 8 heteroatoms. The van der Waals surface area contributed by atoms with E-state index in [1.807, 2.05) is 25.7 Å². The number of amides is 1. The van der Waals surface area contributed by atoms with Crippen molar-refractivity contribution in [2.75, 3.05) is 24.5 Å². The minimum atomic E-state index is -0.334. The van der Waals surface area contributed by atoms with Crippen LogP contribution >= 0.6 is 11.6 Å². The summed E-state index contributed by atoms with van der Waals surface area (Å²) in [5.41, 5.74) is 2.98. The van der Waals surface area contributed by atoms with E-state index in [0.717, 1.165) is 62.4 Å². The first-order valence-electron chi connectivity index (χ1n) is 10.9. The molecular formula is C23H29ClN4O3. The Morgan fingerprint density at radius 1 is 1.29 bits per heavy atom. The molecule has 2 aliphatic rings. The minimum Gasteiger partial charge on any atom is -0.459 e. The lowest BCUT2D eigenvalue weighted by Gasteiger charge is -2.38. The van der Waals surface area contributed by atoms with Gasteiger partial charge in [-0.2, -0.15) is 0 Å². The summed E-state index contributed by atoms with van der Waals surface area (Å²) in [6.07, 6.45) is 4.94. The molecule has 2 aliphatic heterocycles. The molecule has 2 aromatic rings. The van der Waals surface area contributed by atoms with Gasteiger partial charge in [-0.3, -0.25) is 4.79 Å². The van der Waals surface area contributed by atoms with Gasteiger partial charge in [0.25, 0.3) is 5.91 Å². The van der Waals surface area contributed by atoms with Gasteiger partial charge in [-0.15, -0.1) is 0 Å². The van der Waals surface area contributed by atoms with Crippen LogP contribution in [0.3, 0.4) is 0 Å². The molecule has 31 heavy (non-hydrogen) atoms. The zero-order valence-electron chi connectivity index (χ0n) is 18.3. The highest BCUT2D eigenvalue weighted by atomic mass is 35.5. The number of aryl methyl sites for hydroxylation is 1. The number of rotatable bonds is 4. The summed E-state index contributed by atoms with van der Waals surface area (Å²) >= 11 is 6.40. The third-order valence-corrected chi connectivity index (χ3v) is 6.57. The molecule has 0 bridgehead atoms. The maximum absolute atomic E-state index is 13.2. The van der Waals surface area contributed by atoms with Crippen molar-refractivity contribution in [3.63, 3.8) is 0 Å². The molecule has 0 atom stereocenters. The fourth-order valence-electron chi connectivity index (χ4n) is 4.50. The Hall–Kier alpha value is -2.54. The number of esters is 1. The van der Waals surface area contributed by atoms with Crippen molar-refractivity contribution in [1.29, 1.82) is 0 Å². The van der Waals surface area contributed by atoms with Gasteiger partial charge >= 0.3 is 5.97 Å². The quantitative estimate of drug-likeness (QED) is 0.721. The summed E-state index contributed by atoms with van der Waals surface area (Å²) in [4.78, 5) is 37.3. The smallest absolute Gasteiger partial charge is 0.338 e. The van der Waals surface area contributed by atoms with E-state index in [-0.39, 0.29) is 24.0 Å². The lowest BCUT2D eigenvalue weighted by atomic mass is 10.0. The molecule has 4 rings (SSSR count). The van der Waals surface area contributed by atoms with Crippen LogP contribution in [0.5, 0.6) is 0 Å². The average Bonchev–Trinajstić information content (AvgIpc) is 2.94. The van der Waals surface area contributed by atoms with Crippen molar-refractivity contribution < 1.29 is 14.3 Å². The largest absolute Gasteiger partial charge is 0.459 e. The van der Waals surface area contributed by atoms with E-state index in [4.69, 9.17) is 16.3 Å². The van der Waals surface area contributed by atoms with Crippen molar-refractivity contribution in [2.45, 2.75) is 58.6 Å². The highest BCUT2D eigenvalue weighted by Gasteiger charge is 2.33. The van der Waals surface area contributed by atoms with Crippen LogP contribution in [0, 0.1) is 6.92 Å². The number of nitrogens with one attached hydrogen (secondary N) is 1. The highest BCUT2D eigenvalue weighted by Crippen LogP contribution is 2.31. The first kappa shape index (κ1) is 21.7. The zero-order valence-corrected chi connectivity index (χ0v) is 19.0. The number of H-pyrrole nitrogens is 1. The number of aromatic amines is 1. The first-order valence-corrected chi connectivity index (χ1v) is 11.3. The zero-order chi connectivity index (χ0) is 22.1. The summed E-state index contributed by atoms with van der Waals surface area (Å²) < 4.78 is 5.30. The second-order valence-electron chi connectivity index (χ2n) is 8.59. The fraction of sp³-hybridized carbons (Fsp3) is 0.522. The van der Waals surface area contributed by atoms with Gasteiger partial charge in [0.05, 0.1) is 16.7 Å². The standard InChI is InChI=1S/C23H29ClN4O3/c1-14(2)31-23(30)16-6-9-25-19(13-16)27-11-7-17(8-12-27)28-10-4-5-18-20(24)15(3)26-21(18)22(28)29/h6,9,13-14,17,26H,4-5,7-8,10-12H2,1-3H3. The number of carbonyl (C=O) groups is 2. The topological polar surface area (TPSA) is 78.5 Å². The van der Waals surface area contributed by atoms with Crippen LogP contribution in [-0.4, -0.2) is 58.5 Å². The minimum absolute atomic E-state index is 0.0532. The molecule has 0 aromatic carbocycles. The number of anilines is 1. The predicted octanol–water partition coefficient (Wildman–Crippen LogP) is 3.99. The number of piperidine rings is 1. The summed E-state index contributed by atoms with van der Waals surface area (Å²) in [5, 5.41) is 0.696. The number of nitrogens with zero attached hydrogens (tertiary/aromatic N) is 3. The van der Waals surface area contributed by atoms with Gasteiger partial charge < -0.3 is 19.5 Å². The highest BCUT2D eigenvalue weighted by molar-refractivity contribution is 6.32. The van der Waals surface area contributed by atoms with Crippen LogP contribution < -0.4 is 4.90 Å². The number of carbonyl (C=O) groups excluding carboxylic acids is 2. The van der Waals surface area contributed by atoms with Crippen LogP contribution in [0.15, 0.2) is 18.3 Å². The van der Waals surface area contributed by atoms with Crippen LogP contribution in [0.1, 0.15) is 65.2 Å². The first-order chi connectivity index (χ1) is 14.8. The van der Waals surface area contributed by atoms with Gasteiger partial charge in [0, 0.05) is 43.1 Å². The normalized spacial score (nSPS) is 17.6. The number of hydrogen-bond donors (Lipinski definition) is 1. The Kier molecular flexibility index (Phi) is 6.23. The fourth-order valence-corrected chi connectivity index (χ4v) is 4.73. The monoisotopic (exact) mass is 444 g/mol. The van der Waals surface area contributed by atoms with Crippen molar-refractivity contribution in [3.05, 3.63) is 45.9 Å². The molecule has 1 N–H and O–H groups in total. The third kappa shape index (κ3) is 4.42. The molecule has 7 nitrogen and oxygen atoms in total. The van der Waals surface area contributed by atoms with Crippen LogP contribution in [0.2, 0.25) is 5.02 Å². The van der Waals surface area contributed by atoms with Crippen molar-refractivity contribution in [3.8, 4) is 0 Å². The molecule has 4 heterocycles. The summed E-state index contributed by atoms with van der Waals surface area (Å²) in [6, 6.07) is 3.65. The van der Waals surface area contributed by atoms with E-state index in [0.29, 0.717) is 16.3 Å². The van der Waals surface area contributed by atoms with E-state index in [1.54, 1.807) is 18.3 Å². The number of fused-ring (bicyclic) bond motifs is 1. The van der Waals surface area contributed by atoms with Crippen LogP contribution in [-0.2, 0) is 11.2 Å². The number of halogens is 1. The third-order valence-electron chi connectivity index (χ3n) is 6.06. The Balaban J connectivity index is 1.43. The molecule has 0 aliphatic carbocycles. The van der Waals surface area contributed by atoms with Crippen molar-refractivity contribution in [1.82, 2.24) is 14.9 Å². The number of hydrogen-bond acceptors (Lipinski definition) is 5. The number of aromatic nitrogens is 2. The molecule has 1 saturated heterocycles. The predicted molar refractivity (Wildman–Crippen MR) is 120 cm³/mol. The van der Waals surface area contributed by atoms with Gasteiger partial charge in [0.15, 0.2) is 0 Å². The summed E-state index contributed by atoms with van der Waals surface area (Å²) in [5.74, 6) is 0.491. The Morgan fingerprint density at radius 2 is 2.03 bits per heavy atom. The Morgan fingerprint density at radius 3 is 2.74 bits per heavy atom. The molecule has 0 radical (unpaired) electrons. The molecule has 0 unspecified atom stereocenters. The second kappa shape index (κ2) is 8.91. The van der Waals surface area contributed by atoms with E-state index < -0.39 is 0 Å². The Labute approximate surface area is 187 Å². The molecule has 166 valence electrons.